The molecule has 0 aliphatic heterocycles. The highest BCUT2D eigenvalue weighted by Crippen LogP contribution is 2.24. The van der Waals surface area contributed by atoms with Gasteiger partial charge in [0.1, 0.15) is 11.1 Å². The number of rotatable bonds is 2. The maximum atomic E-state index is 12.4. The van der Waals surface area contributed by atoms with Gasteiger partial charge in [-0.2, -0.15) is 0 Å². The van der Waals surface area contributed by atoms with Crippen LogP contribution in [0.2, 0.25) is 0 Å². The molecular formula is C17H19NO3. The van der Waals surface area contributed by atoms with Crippen LogP contribution in [0.3, 0.4) is 0 Å². The van der Waals surface area contributed by atoms with Gasteiger partial charge in [-0.1, -0.05) is 38.0 Å². The molecule has 0 spiro atoms. The Morgan fingerprint density at radius 1 is 1.24 bits per heavy atom. The lowest BCUT2D eigenvalue weighted by atomic mass is 9.86. The van der Waals surface area contributed by atoms with Crippen LogP contribution < -0.4 is 10.9 Å². The van der Waals surface area contributed by atoms with Crippen molar-refractivity contribution >= 4 is 16.9 Å². The fraction of sp³-hybridized carbons (Fsp3) is 0.412. The molecule has 21 heavy (non-hydrogen) atoms. The molecule has 1 aromatic carbocycles. The molecule has 1 fully saturated rings. The van der Waals surface area contributed by atoms with Crippen molar-refractivity contribution < 1.29 is 9.21 Å². The number of hydrogen-bond donors (Lipinski definition) is 1. The Morgan fingerprint density at radius 2 is 2.00 bits per heavy atom. The highest BCUT2D eigenvalue weighted by Gasteiger charge is 2.24. The molecule has 1 N–H and O–H groups in total. The largest absolute Gasteiger partial charge is 0.422 e. The van der Waals surface area contributed by atoms with E-state index in [1.165, 1.54) is 6.42 Å². The fourth-order valence-corrected chi connectivity index (χ4v) is 3.00. The van der Waals surface area contributed by atoms with E-state index in [-0.39, 0.29) is 17.5 Å². The van der Waals surface area contributed by atoms with E-state index >= 15 is 0 Å². The third kappa shape index (κ3) is 2.84. The van der Waals surface area contributed by atoms with Crippen molar-refractivity contribution in [3.63, 3.8) is 0 Å². The molecule has 2 aromatic rings. The monoisotopic (exact) mass is 285 g/mol. The topological polar surface area (TPSA) is 59.3 Å². The van der Waals surface area contributed by atoms with Crippen LogP contribution in [0.4, 0.5) is 0 Å². The van der Waals surface area contributed by atoms with Crippen LogP contribution in [0.5, 0.6) is 0 Å². The zero-order valence-electron chi connectivity index (χ0n) is 12.1. The first-order valence-corrected chi connectivity index (χ1v) is 7.49. The lowest BCUT2D eigenvalue weighted by molar-refractivity contribution is 0.0906. The summed E-state index contributed by atoms with van der Waals surface area (Å²) < 4.78 is 5.21. The number of para-hydroxylation sites is 1. The standard InChI is InChI=1S/C17H19NO3/c1-11-6-2-4-8-14(11)18-16(19)13-10-12-7-3-5-9-15(12)21-17(13)20/h3,5,7,9-11,14H,2,4,6,8H2,1H3,(H,18,19)/t11-,14-/m0/s1. The van der Waals surface area contributed by atoms with Crippen molar-refractivity contribution in [2.45, 2.75) is 38.6 Å². The second-order valence-electron chi connectivity index (χ2n) is 5.83. The van der Waals surface area contributed by atoms with Crippen molar-refractivity contribution in [3.05, 3.63) is 46.3 Å². The SMILES string of the molecule is C[C@H]1CCCC[C@@H]1NC(=O)c1cc2ccccc2oc1=O. The summed E-state index contributed by atoms with van der Waals surface area (Å²) in [5.41, 5.74) is 0.0196. The summed E-state index contributed by atoms with van der Waals surface area (Å²) >= 11 is 0. The predicted octanol–water partition coefficient (Wildman–Crippen LogP) is 3.10. The Balaban J connectivity index is 1.87. The van der Waals surface area contributed by atoms with E-state index in [1.54, 1.807) is 18.2 Å². The predicted molar refractivity (Wildman–Crippen MR) is 81.4 cm³/mol. The molecule has 1 aliphatic rings. The fourth-order valence-electron chi connectivity index (χ4n) is 3.00. The molecule has 4 heteroatoms. The van der Waals surface area contributed by atoms with Gasteiger partial charge in [0.2, 0.25) is 0 Å². The minimum atomic E-state index is -0.574. The zero-order valence-corrected chi connectivity index (χ0v) is 12.1. The van der Waals surface area contributed by atoms with Gasteiger partial charge in [-0.05, 0) is 30.9 Å². The molecule has 2 atom stereocenters. The van der Waals surface area contributed by atoms with Crippen molar-refractivity contribution in [1.29, 1.82) is 0 Å². The van der Waals surface area contributed by atoms with Gasteiger partial charge in [0.15, 0.2) is 0 Å². The Bertz CT molecular complexity index is 719. The molecule has 0 saturated heterocycles. The highest BCUT2D eigenvalue weighted by molar-refractivity contribution is 5.96. The van der Waals surface area contributed by atoms with E-state index < -0.39 is 5.63 Å². The van der Waals surface area contributed by atoms with Crippen LogP contribution in [0.25, 0.3) is 11.0 Å². The van der Waals surface area contributed by atoms with Crippen molar-refractivity contribution in [2.75, 3.05) is 0 Å². The summed E-state index contributed by atoms with van der Waals surface area (Å²) in [6.45, 7) is 2.15. The van der Waals surface area contributed by atoms with Crippen LogP contribution in [0, 0.1) is 5.92 Å². The first-order valence-electron chi connectivity index (χ1n) is 7.49. The van der Waals surface area contributed by atoms with E-state index in [0.717, 1.165) is 24.6 Å². The van der Waals surface area contributed by atoms with Crippen LogP contribution in [0.1, 0.15) is 43.0 Å². The smallest absolute Gasteiger partial charge is 0.349 e. The molecule has 4 nitrogen and oxygen atoms in total. The van der Waals surface area contributed by atoms with Crippen molar-refractivity contribution in [1.82, 2.24) is 5.32 Å². The van der Waals surface area contributed by atoms with Crippen LogP contribution >= 0.6 is 0 Å². The quantitative estimate of drug-likeness (QED) is 0.862. The Hall–Kier alpha value is -2.10. The van der Waals surface area contributed by atoms with Crippen molar-refractivity contribution in [3.8, 4) is 0 Å². The first-order chi connectivity index (χ1) is 10.1. The third-order valence-electron chi connectivity index (χ3n) is 4.31. The van der Waals surface area contributed by atoms with Crippen LogP contribution in [-0.4, -0.2) is 11.9 Å². The third-order valence-corrected chi connectivity index (χ3v) is 4.31. The average molecular weight is 285 g/mol. The molecular weight excluding hydrogens is 266 g/mol. The lowest BCUT2D eigenvalue weighted by Gasteiger charge is -2.29. The maximum absolute atomic E-state index is 12.4. The molecule has 0 unspecified atom stereocenters. The van der Waals surface area contributed by atoms with E-state index in [4.69, 9.17) is 4.42 Å². The van der Waals surface area contributed by atoms with Crippen molar-refractivity contribution in [2.24, 2.45) is 5.92 Å². The van der Waals surface area contributed by atoms with Gasteiger partial charge in [-0.15, -0.1) is 0 Å². The van der Waals surface area contributed by atoms with Gasteiger partial charge >= 0.3 is 5.63 Å². The van der Waals surface area contributed by atoms with Crippen LogP contribution in [-0.2, 0) is 0 Å². The van der Waals surface area contributed by atoms with Crippen LogP contribution in [0.15, 0.2) is 39.5 Å². The summed E-state index contributed by atoms with van der Waals surface area (Å²) in [4.78, 5) is 24.3. The van der Waals surface area contributed by atoms with Gasteiger partial charge in [-0.3, -0.25) is 4.79 Å². The molecule has 1 saturated carbocycles. The number of nitrogens with one attached hydrogen (secondary N) is 1. The summed E-state index contributed by atoms with van der Waals surface area (Å²) in [7, 11) is 0. The van der Waals surface area contributed by atoms with Gasteiger partial charge in [-0.25, -0.2) is 4.79 Å². The summed E-state index contributed by atoms with van der Waals surface area (Å²) in [5.74, 6) is 0.128. The van der Waals surface area contributed by atoms with Gasteiger partial charge in [0, 0.05) is 11.4 Å². The maximum Gasteiger partial charge on any atom is 0.349 e. The van der Waals surface area contributed by atoms with E-state index in [2.05, 4.69) is 12.2 Å². The Kier molecular flexibility index (Phi) is 3.78. The lowest BCUT2D eigenvalue weighted by Crippen LogP contribution is -2.42. The zero-order chi connectivity index (χ0) is 14.8. The number of amides is 1. The number of carbonyl (C=O) groups is 1. The number of hydrogen-bond acceptors (Lipinski definition) is 3. The van der Waals surface area contributed by atoms with Gasteiger partial charge in [0.25, 0.3) is 5.91 Å². The Labute approximate surface area is 123 Å². The number of carbonyl (C=O) groups excluding carboxylic acids is 1. The second-order valence-corrected chi connectivity index (χ2v) is 5.83. The summed E-state index contributed by atoms with van der Waals surface area (Å²) in [6.07, 6.45) is 4.44. The molecule has 1 aromatic heterocycles. The van der Waals surface area contributed by atoms with Gasteiger partial charge < -0.3 is 9.73 Å². The normalized spacial score (nSPS) is 22.1. The molecule has 0 radical (unpaired) electrons. The van der Waals surface area contributed by atoms with Gasteiger partial charge in [0.05, 0.1) is 0 Å². The Morgan fingerprint density at radius 3 is 2.81 bits per heavy atom. The summed E-state index contributed by atoms with van der Waals surface area (Å²) in [5, 5.41) is 3.75. The molecule has 1 heterocycles. The molecule has 1 aliphatic carbocycles. The molecule has 1 amide bonds. The number of benzene rings is 1. The molecule has 3 rings (SSSR count). The molecule has 0 bridgehead atoms. The van der Waals surface area contributed by atoms with E-state index in [9.17, 15) is 9.59 Å². The van der Waals surface area contributed by atoms with E-state index in [0.29, 0.717) is 11.5 Å². The minimum Gasteiger partial charge on any atom is -0.422 e. The van der Waals surface area contributed by atoms with E-state index in [1.807, 2.05) is 12.1 Å². The highest BCUT2D eigenvalue weighted by atomic mass is 16.4. The average Bonchev–Trinajstić information content (AvgIpc) is 2.49. The summed E-state index contributed by atoms with van der Waals surface area (Å²) in [6, 6.07) is 8.98. The second kappa shape index (κ2) is 5.72. The number of fused-ring (bicyclic) bond motifs is 1. The molecule has 110 valence electrons. The minimum absolute atomic E-state index is 0.0893. The first kappa shape index (κ1) is 13.9.